The van der Waals surface area contributed by atoms with Gasteiger partial charge in [-0.05, 0) is 73.5 Å². The maximum absolute atomic E-state index is 14.1. The second kappa shape index (κ2) is 9.56. The number of likely N-dealkylation sites (N-methyl/N-ethyl adjacent to an activating group) is 1. The van der Waals surface area contributed by atoms with Crippen LogP contribution in [0.4, 0.5) is 10.5 Å². The lowest BCUT2D eigenvalue weighted by Gasteiger charge is -2.32. The van der Waals surface area contributed by atoms with Crippen LogP contribution in [-0.2, 0) is 19.5 Å². The number of aryl methyl sites for hydroxylation is 1. The maximum Gasteiger partial charge on any atom is 0.323 e. The van der Waals surface area contributed by atoms with Crippen LogP contribution in [0.5, 0.6) is 5.75 Å². The minimum Gasteiger partial charge on any atom is -0.497 e. The lowest BCUT2D eigenvalue weighted by Crippen LogP contribution is -2.38. The van der Waals surface area contributed by atoms with E-state index in [9.17, 15) is 4.79 Å². The van der Waals surface area contributed by atoms with E-state index >= 15 is 0 Å². The summed E-state index contributed by atoms with van der Waals surface area (Å²) in [5, 5.41) is 4.85. The van der Waals surface area contributed by atoms with Gasteiger partial charge in [0.25, 0.3) is 0 Å². The third-order valence-corrected chi connectivity index (χ3v) is 8.88. The Morgan fingerprint density at radius 3 is 2.68 bits per heavy atom. The van der Waals surface area contributed by atoms with Crippen molar-refractivity contribution in [1.82, 2.24) is 14.4 Å². The van der Waals surface area contributed by atoms with Gasteiger partial charge in [-0.2, -0.15) is 0 Å². The highest BCUT2D eigenvalue weighted by atomic mass is 35.5. The number of halogens is 1. The van der Waals surface area contributed by atoms with Crippen LogP contribution in [0, 0.1) is 6.92 Å². The zero-order valence-electron chi connectivity index (χ0n) is 21.1. The molecule has 0 saturated heterocycles. The molecule has 4 aromatic rings. The van der Waals surface area contributed by atoms with Crippen molar-refractivity contribution >= 4 is 34.7 Å². The molecule has 4 heterocycles. The molecule has 2 aromatic carbocycles. The number of rotatable bonds is 3. The average molecular weight is 533 g/mol. The number of nitrogens with zero attached hydrogens (tertiary/aromatic N) is 3. The fourth-order valence-electron chi connectivity index (χ4n) is 5.40. The maximum atomic E-state index is 14.1. The van der Waals surface area contributed by atoms with Gasteiger partial charge < -0.3 is 24.4 Å². The van der Waals surface area contributed by atoms with Gasteiger partial charge in [0.05, 0.1) is 36.1 Å². The van der Waals surface area contributed by atoms with Gasteiger partial charge in [0, 0.05) is 29.7 Å². The third-order valence-electron chi connectivity index (χ3n) is 7.31. The van der Waals surface area contributed by atoms with Crippen molar-refractivity contribution in [3.63, 3.8) is 0 Å². The van der Waals surface area contributed by atoms with E-state index in [1.807, 2.05) is 65.6 Å². The van der Waals surface area contributed by atoms with E-state index in [-0.39, 0.29) is 12.1 Å². The number of carbonyl (C=O) groups is 1. The van der Waals surface area contributed by atoms with Gasteiger partial charge in [-0.25, -0.2) is 4.79 Å². The predicted molar refractivity (Wildman–Crippen MR) is 149 cm³/mol. The second-order valence-corrected chi connectivity index (χ2v) is 11.3. The van der Waals surface area contributed by atoms with Crippen LogP contribution in [-0.4, -0.2) is 41.1 Å². The molecule has 2 amide bonds. The Hall–Kier alpha value is -3.26. The Morgan fingerprint density at radius 1 is 1.11 bits per heavy atom. The average Bonchev–Trinajstić information content (AvgIpc) is 3.47. The van der Waals surface area contributed by atoms with E-state index in [2.05, 4.69) is 40.2 Å². The van der Waals surface area contributed by atoms with E-state index in [0.29, 0.717) is 17.3 Å². The van der Waals surface area contributed by atoms with Crippen molar-refractivity contribution in [3.05, 3.63) is 98.6 Å². The fourth-order valence-corrected chi connectivity index (χ4v) is 7.12. The van der Waals surface area contributed by atoms with Crippen LogP contribution in [0.1, 0.15) is 38.9 Å². The summed E-state index contributed by atoms with van der Waals surface area (Å²) >= 11 is 8.36. The number of amides is 2. The zero-order valence-corrected chi connectivity index (χ0v) is 22.7. The first-order valence-electron chi connectivity index (χ1n) is 12.4. The van der Waals surface area contributed by atoms with Crippen LogP contribution >= 0.6 is 22.9 Å². The highest BCUT2D eigenvalue weighted by Crippen LogP contribution is 2.44. The lowest BCUT2D eigenvalue weighted by atomic mass is 10.00. The molecule has 1 atom stereocenters. The Bertz CT molecular complexity index is 1480. The van der Waals surface area contributed by atoms with Crippen molar-refractivity contribution in [2.75, 3.05) is 26.0 Å². The van der Waals surface area contributed by atoms with Gasteiger partial charge in [0.15, 0.2) is 0 Å². The first kappa shape index (κ1) is 24.1. The molecule has 1 N–H and O–H groups in total. The fraction of sp³-hybridized carbons (Fsp3) is 0.276. The highest BCUT2D eigenvalue weighted by Gasteiger charge is 2.36. The van der Waals surface area contributed by atoms with Gasteiger partial charge in [0.1, 0.15) is 10.8 Å². The number of anilines is 1. The van der Waals surface area contributed by atoms with E-state index in [1.165, 1.54) is 21.0 Å². The van der Waals surface area contributed by atoms with E-state index in [0.717, 1.165) is 42.1 Å². The van der Waals surface area contributed by atoms with Crippen molar-refractivity contribution in [2.24, 2.45) is 0 Å². The Morgan fingerprint density at radius 2 is 1.92 bits per heavy atom. The number of methoxy groups -OCH3 is 1. The number of aromatic nitrogens is 1. The molecule has 0 saturated carbocycles. The van der Waals surface area contributed by atoms with Gasteiger partial charge >= 0.3 is 6.03 Å². The van der Waals surface area contributed by atoms with Crippen LogP contribution in [0.25, 0.3) is 5.00 Å². The first-order chi connectivity index (χ1) is 17.9. The van der Waals surface area contributed by atoms with Crippen molar-refractivity contribution in [1.29, 1.82) is 0 Å². The molecule has 0 radical (unpaired) electrons. The Balaban J connectivity index is 1.48. The van der Waals surface area contributed by atoms with Crippen LogP contribution in [0.15, 0.2) is 60.8 Å². The summed E-state index contributed by atoms with van der Waals surface area (Å²) in [7, 11) is 3.83. The molecule has 6 nitrogen and oxygen atoms in total. The van der Waals surface area contributed by atoms with Gasteiger partial charge in [-0.15, -0.1) is 11.3 Å². The number of fused-ring (bicyclic) bond motifs is 5. The number of benzene rings is 2. The summed E-state index contributed by atoms with van der Waals surface area (Å²) in [5.74, 6) is 0.785. The minimum atomic E-state index is -0.286. The molecular formula is C29H29ClN4O2S. The largest absolute Gasteiger partial charge is 0.497 e. The number of hydrogen-bond acceptors (Lipinski definition) is 4. The molecule has 37 heavy (non-hydrogen) atoms. The van der Waals surface area contributed by atoms with Crippen LogP contribution < -0.4 is 10.1 Å². The minimum absolute atomic E-state index is 0.181. The number of carbonyl (C=O) groups excluding carboxylic acids is 1. The molecule has 8 heteroatoms. The van der Waals surface area contributed by atoms with Crippen molar-refractivity contribution in [2.45, 2.75) is 32.5 Å². The molecule has 2 aliphatic rings. The number of thiophene rings is 1. The van der Waals surface area contributed by atoms with Crippen LogP contribution in [0.3, 0.4) is 0 Å². The summed E-state index contributed by atoms with van der Waals surface area (Å²) in [5.41, 5.74) is 6.37. The number of urea groups is 1. The van der Waals surface area contributed by atoms with Crippen molar-refractivity contribution < 1.29 is 9.53 Å². The Labute approximate surface area is 226 Å². The molecule has 6 rings (SSSR count). The van der Waals surface area contributed by atoms with E-state index in [4.69, 9.17) is 16.3 Å². The standard InChI is InChI=1S/C29H29ClN4O2S/c1-18-6-11-24(23(30)15-18)31-29(35)34-16-22-21-12-14-32(2)17-26(21)37-28(22)33-13-4-5-25(33)27(34)19-7-9-20(36-3)10-8-19/h4-11,13,15,27H,12,14,16-17H2,1-3H3,(H,31,35)/t27-/m1/s1. The number of nitrogens with one attached hydrogen (secondary N) is 1. The molecule has 0 spiro atoms. The molecule has 0 bridgehead atoms. The normalized spacial score (nSPS) is 17.0. The Kier molecular flexibility index (Phi) is 6.23. The molecule has 0 fully saturated rings. The SMILES string of the molecule is COc1ccc([C@@H]2c3cccn3-c3sc4c(c3CN2C(=O)Nc2ccc(C)cc2Cl)CCN(C)C4)cc1. The second-order valence-electron chi connectivity index (χ2n) is 9.80. The van der Waals surface area contributed by atoms with E-state index < -0.39 is 0 Å². The summed E-state index contributed by atoms with van der Waals surface area (Å²) in [6.07, 6.45) is 3.11. The quantitative estimate of drug-likeness (QED) is 0.322. The zero-order chi connectivity index (χ0) is 25.7. The number of hydrogen-bond donors (Lipinski definition) is 1. The monoisotopic (exact) mass is 532 g/mol. The smallest absolute Gasteiger partial charge is 0.323 e. The molecular weight excluding hydrogens is 504 g/mol. The van der Waals surface area contributed by atoms with Gasteiger partial charge in [0.2, 0.25) is 0 Å². The van der Waals surface area contributed by atoms with Crippen molar-refractivity contribution in [3.8, 4) is 10.8 Å². The summed E-state index contributed by atoms with van der Waals surface area (Å²) in [4.78, 5) is 19.8. The summed E-state index contributed by atoms with van der Waals surface area (Å²) < 4.78 is 7.68. The lowest BCUT2D eigenvalue weighted by molar-refractivity contribution is 0.194. The predicted octanol–water partition coefficient (Wildman–Crippen LogP) is 6.63. The summed E-state index contributed by atoms with van der Waals surface area (Å²) in [6, 6.07) is 17.4. The van der Waals surface area contributed by atoms with Gasteiger partial charge in [-0.3, -0.25) is 0 Å². The molecule has 0 unspecified atom stereocenters. The number of ether oxygens (including phenoxy) is 1. The summed E-state index contributed by atoms with van der Waals surface area (Å²) in [6.45, 7) is 4.45. The van der Waals surface area contributed by atoms with E-state index in [1.54, 1.807) is 7.11 Å². The molecule has 190 valence electrons. The topological polar surface area (TPSA) is 49.7 Å². The molecule has 0 aliphatic carbocycles. The molecule has 2 aromatic heterocycles. The van der Waals surface area contributed by atoms with Crippen LogP contribution in [0.2, 0.25) is 5.02 Å². The van der Waals surface area contributed by atoms with Gasteiger partial charge in [-0.1, -0.05) is 29.8 Å². The third kappa shape index (κ3) is 4.31. The first-order valence-corrected chi connectivity index (χ1v) is 13.6. The highest BCUT2D eigenvalue weighted by molar-refractivity contribution is 7.15. The molecule has 2 aliphatic heterocycles.